The summed E-state index contributed by atoms with van der Waals surface area (Å²) in [4.78, 5) is 16.1. The lowest BCUT2D eigenvalue weighted by molar-refractivity contribution is -0.117. The Kier molecular flexibility index (Phi) is 3.95. The number of aromatic nitrogens is 1. The van der Waals surface area contributed by atoms with Gasteiger partial charge in [0.2, 0.25) is 0 Å². The molecule has 2 rings (SSSR count). The second-order valence-corrected chi connectivity index (χ2v) is 4.78. The molecule has 19 heavy (non-hydrogen) atoms. The normalized spacial score (nSPS) is 10.4. The summed E-state index contributed by atoms with van der Waals surface area (Å²) >= 11 is 0. The molecule has 1 aromatic carbocycles. The molecule has 0 saturated carbocycles. The summed E-state index contributed by atoms with van der Waals surface area (Å²) in [5.74, 6) is 0.245. The molecule has 0 unspecified atom stereocenters. The minimum absolute atomic E-state index is 0.0530. The molecule has 0 atom stereocenters. The first-order chi connectivity index (χ1) is 9.06. The van der Waals surface area contributed by atoms with Gasteiger partial charge in [0, 0.05) is 30.3 Å². The number of phenolic OH excluding ortho intramolecular Hbond substituents is 1. The molecule has 3 heteroatoms. The van der Waals surface area contributed by atoms with Crippen LogP contribution >= 0.6 is 0 Å². The van der Waals surface area contributed by atoms with Gasteiger partial charge in [0.25, 0.3) is 0 Å². The molecular formula is C16H17NO2. The quantitative estimate of drug-likeness (QED) is 0.914. The fourth-order valence-corrected chi connectivity index (χ4v) is 1.98. The Labute approximate surface area is 112 Å². The van der Waals surface area contributed by atoms with Crippen molar-refractivity contribution >= 4 is 5.78 Å². The lowest BCUT2D eigenvalue weighted by Crippen LogP contribution is -2.08. The van der Waals surface area contributed by atoms with Crippen molar-refractivity contribution in [2.24, 2.45) is 0 Å². The van der Waals surface area contributed by atoms with Gasteiger partial charge in [-0.25, -0.2) is 0 Å². The number of aromatic hydroxyl groups is 1. The smallest absolute Gasteiger partial charge is 0.143 e. The van der Waals surface area contributed by atoms with E-state index < -0.39 is 0 Å². The molecule has 3 nitrogen and oxygen atoms in total. The zero-order valence-electron chi connectivity index (χ0n) is 11.2. The average Bonchev–Trinajstić information content (AvgIpc) is 2.37. The van der Waals surface area contributed by atoms with Crippen molar-refractivity contribution < 1.29 is 9.90 Å². The first kappa shape index (κ1) is 13.3. The van der Waals surface area contributed by atoms with Crippen LogP contribution in [0.5, 0.6) is 5.75 Å². The van der Waals surface area contributed by atoms with Crippen molar-refractivity contribution in [1.29, 1.82) is 0 Å². The minimum atomic E-state index is 0.0530. The van der Waals surface area contributed by atoms with Gasteiger partial charge in [-0.05, 0) is 43.2 Å². The third-order valence-corrected chi connectivity index (χ3v) is 3.19. The van der Waals surface area contributed by atoms with E-state index in [1.54, 1.807) is 12.3 Å². The monoisotopic (exact) mass is 255 g/mol. The molecule has 0 aliphatic rings. The molecule has 0 aliphatic carbocycles. The van der Waals surface area contributed by atoms with Crippen LogP contribution in [0.3, 0.4) is 0 Å². The van der Waals surface area contributed by atoms with Crippen molar-refractivity contribution in [3.63, 3.8) is 0 Å². The third kappa shape index (κ3) is 3.41. The van der Waals surface area contributed by atoms with Gasteiger partial charge < -0.3 is 5.11 Å². The summed E-state index contributed by atoms with van der Waals surface area (Å²) in [5.41, 5.74) is 3.55. The molecule has 2 aromatic rings. The van der Waals surface area contributed by atoms with Crippen molar-refractivity contribution in [3.05, 3.63) is 58.9 Å². The number of carbonyl (C=O) groups excluding carboxylic acids is 1. The predicted octanol–water partition coefficient (Wildman–Crippen LogP) is 2.76. The molecule has 0 amide bonds. The summed E-state index contributed by atoms with van der Waals surface area (Å²) in [6.07, 6.45) is 2.22. The van der Waals surface area contributed by atoms with Crippen LogP contribution in [0.15, 0.2) is 36.5 Å². The third-order valence-electron chi connectivity index (χ3n) is 3.19. The van der Waals surface area contributed by atoms with E-state index in [-0.39, 0.29) is 18.0 Å². The highest BCUT2D eigenvalue weighted by Crippen LogP contribution is 2.22. The zero-order chi connectivity index (χ0) is 13.8. The molecule has 0 spiro atoms. The van der Waals surface area contributed by atoms with Crippen molar-refractivity contribution in [2.75, 3.05) is 0 Å². The lowest BCUT2D eigenvalue weighted by Gasteiger charge is -2.08. The van der Waals surface area contributed by atoms with Gasteiger partial charge in [-0.2, -0.15) is 0 Å². The highest BCUT2D eigenvalue weighted by atomic mass is 16.3. The summed E-state index contributed by atoms with van der Waals surface area (Å²) < 4.78 is 0. The van der Waals surface area contributed by atoms with Crippen LogP contribution in [-0.2, 0) is 17.6 Å². The van der Waals surface area contributed by atoms with Crippen LogP contribution in [0.4, 0.5) is 0 Å². The second-order valence-electron chi connectivity index (χ2n) is 4.78. The van der Waals surface area contributed by atoms with Crippen LogP contribution in [0.2, 0.25) is 0 Å². The van der Waals surface area contributed by atoms with Gasteiger partial charge in [-0.1, -0.05) is 12.1 Å². The number of pyridine rings is 1. The highest BCUT2D eigenvalue weighted by molar-refractivity contribution is 5.83. The number of hydrogen-bond donors (Lipinski definition) is 1. The van der Waals surface area contributed by atoms with Gasteiger partial charge in [-0.15, -0.1) is 0 Å². The van der Waals surface area contributed by atoms with Crippen LogP contribution < -0.4 is 0 Å². The van der Waals surface area contributed by atoms with Gasteiger partial charge in [0.1, 0.15) is 11.5 Å². The molecule has 0 bridgehead atoms. The minimum Gasteiger partial charge on any atom is -0.508 e. The summed E-state index contributed by atoms with van der Waals surface area (Å²) in [7, 11) is 0. The van der Waals surface area contributed by atoms with E-state index in [9.17, 15) is 9.90 Å². The largest absolute Gasteiger partial charge is 0.508 e. The van der Waals surface area contributed by atoms with Crippen LogP contribution in [0.25, 0.3) is 0 Å². The fourth-order valence-electron chi connectivity index (χ4n) is 1.98. The maximum atomic E-state index is 12.0. The van der Waals surface area contributed by atoms with Crippen molar-refractivity contribution in [2.45, 2.75) is 26.7 Å². The maximum absolute atomic E-state index is 12.0. The van der Waals surface area contributed by atoms with E-state index in [4.69, 9.17) is 0 Å². The van der Waals surface area contributed by atoms with E-state index >= 15 is 0 Å². The molecular weight excluding hydrogens is 238 g/mol. The molecule has 0 fully saturated rings. The first-order valence-electron chi connectivity index (χ1n) is 6.27. The van der Waals surface area contributed by atoms with Gasteiger partial charge in [0.15, 0.2) is 0 Å². The molecule has 0 aliphatic heterocycles. The first-order valence-corrected chi connectivity index (χ1v) is 6.27. The molecule has 1 heterocycles. The fraction of sp³-hybridized carbons (Fsp3) is 0.250. The second kappa shape index (κ2) is 5.65. The van der Waals surface area contributed by atoms with Gasteiger partial charge >= 0.3 is 0 Å². The van der Waals surface area contributed by atoms with Crippen molar-refractivity contribution in [1.82, 2.24) is 4.98 Å². The van der Waals surface area contributed by atoms with Crippen LogP contribution in [-0.4, -0.2) is 15.9 Å². The highest BCUT2D eigenvalue weighted by Gasteiger charge is 2.10. The van der Waals surface area contributed by atoms with Crippen LogP contribution in [0.1, 0.15) is 22.4 Å². The Morgan fingerprint density at radius 2 is 1.89 bits per heavy atom. The summed E-state index contributed by atoms with van der Waals surface area (Å²) in [6, 6.07) is 9.10. The molecule has 98 valence electrons. The van der Waals surface area contributed by atoms with E-state index in [0.717, 1.165) is 16.8 Å². The topological polar surface area (TPSA) is 50.2 Å². The number of Topliss-reactive ketones (excluding diaryl/α,β-unsaturated/α-hetero) is 1. The van der Waals surface area contributed by atoms with E-state index in [0.29, 0.717) is 12.0 Å². The number of hydrogen-bond acceptors (Lipinski definition) is 3. The number of benzene rings is 1. The molecule has 1 N–H and O–H groups in total. The molecule has 0 radical (unpaired) electrons. The molecule has 0 saturated heterocycles. The lowest BCUT2D eigenvalue weighted by atomic mass is 10.00. The van der Waals surface area contributed by atoms with Crippen LogP contribution in [0, 0.1) is 13.8 Å². The van der Waals surface area contributed by atoms with E-state index in [2.05, 4.69) is 4.98 Å². The predicted molar refractivity (Wildman–Crippen MR) is 74.2 cm³/mol. The summed E-state index contributed by atoms with van der Waals surface area (Å²) in [6.45, 7) is 3.91. The average molecular weight is 255 g/mol. The van der Waals surface area contributed by atoms with E-state index in [1.165, 1.54) is 0 Å². The van der Waals surface area contributed by atoms with Gasteiger partial charge in [0.05, 0.1) is 0 Å². The van der Waals surface area contributed by atoms with E-state index in [1.807, 2.05) is 38.1 Å². The Morgan fingerprint density at radius 3 is 2.58 bits per heavy atom. The standard InChI is InChI=1S/C16H17NO2/c1-11-7-13(16(19)8-12(11)2)9-15(18)10-14-5-3-4-6-17-14/h3-8,19H,9-10H2,1-2H3. The molecule has 1 aromatic heterocycles. The number of aryl methyl sites for hydroxylation is 2. The Hall–Kier alpha value is -2.16. The number of rotatable bonds is 4. The number of nitrogens with zero attached hydrogens (tertiary/aromatic N) is 1. The Bertz CT molecular complexity index is 591. The van der Waals surface area contributed by atoms with Crippen molar-refractivity contribution in [3.8, 4) is 5.75 Å². The maximum Gasteiger partial charge on any atom is 0.143 e. The number of carbonyl (C=O) groups is 1. The number of phenols is 1. The SMILES string of the molecule is Cc1cc(O)c(CC(=O)Cc2ccccn2)cc1C. The number of ketones is 1. The zero-order valence-corrected chi connectivity index (χ0v) is 11.2. The Balaban J connectivity index is 2.09. The summed E-state index contributed by atoms with van der Waals surface area (Å²) in [5, 5.41) is 9.86. The van der Waals surface area contributed by atoms with Gasteiger partial charge in [-0.3, -0.25) is 9.78 Å². The Morgan fingerprint density at radius 1 is 1.16 bits per heavy atom.